The number of methoxy groups -OCH3 is 1. The van der Waals surface area contributed by atoms with E-state index in [2.05, 4.69) is 5.32 Å². The molecule has 3 aromatic rings. The maximum atomic E-state index is 12.8. The van der Waals surface area contributed by atoms with E-state index in [4.69, 9.17) is 19.0 Å². The Kier molecular flexibility index (Phi) is 5.81. The molecule has 0 saturated carbocycles. The van der Waals surface area contributed by atoms with Crippen molar-refractivity contribution in [3.63, 3.8) is 0 Å². The largest absolute Gasteiger partial charge is 0.496 e. The normalized spacial score (nSPS) is 12.6. The average molecular weight is 418 g/mol. The third-order valence-electron chi connectivity index (χ3n) is 4.35. The van der Waals surface area contributed by atoms with Gasteiger partial charge in [-0.25, -0.2) is 13.6 Å². The minimum absolute atomic E-state index is 0.0528. The zero-order valence-electron chi connectivity index (χ0n) is 16.3. The Morgan fingerprint density at radius 1 is 1.21 bits per heavy atom. The number of hydrogen-bond acceptors (Lipinski definition) is 6. The number of nitrogens with one attached hydrogen (secondary N) is 1. The van der Waals surface area contributed by atoms with Crippen LogP contribution in [0.5, 0.6) is 11.5 Å². The van der Waals surface area contributed by atoms with Crippen molar-refractivity contribution in [1.29, 1.82) is 0 Å². The lowest BCUT2D eigenvalue weighted by Gasteiger charge is -2.14. The predicted octanol–water partition coefficient (Wildman–Crippen LogP) is 2.98. The highest BCUT2D eigenvalue weighted by Crippen LogP contribution is 2.31. The molecule has 0 saturated heterocycles. The molecule has 0 radical (unpaired) electrons. The number of nitrogens with two attached hydrogens (primary N) is 1. The minimum Gasteiger partial charge on any atom is -0.496 e. The number of furan rings is 1. The molecule has 1 amide bonds. The van der Waals surface area contributed by atoms with Gasteiger partial charge < -0.3 is 19.2 Å². The highest BCUT2D eigenvalue weighted by Gasteiger charge is 2.21. The molecular formula is C20H22N2O6S. The predicted molar refractivity (Wildman–Crippen MR) is 108 cm³/mol. The lowest BCUT2D eigenvalue weighted by molar-refractivity contribution is 0.0932. The Morgan fingerprint density at radius 3 is 2.62 bits per heavy atom. The number of sulfonamides is 1. The van der Waals surface area contributed by atoms with Gasteiger partial charge in [-0.3, -0.25) is 4.79 Å². The fourth-order valence-electron chi connectivity index (χ4n) is 2.93. The first kappa shape index (κ1) is 20.7. The Labute approximate surface area is 168 Å². The third kappa shape index (κ3) is 4.36. The summed E-state index contributed by atoms with van der Waals surface area (Å²) in [5.41, 5.74) is 0.649. The van der Waals surface area contributed by atoms with Crippen molar-refractivity contribution in [1.82, 2.24) is 5.32 Å². The van der Waals surface area contributed by atoms with E-state index in [-0.39, 0.29) is 16.2 Å². The second kappa shape index (κ2) is 8.14. The fraction of sp³-hybridized carbons (Fsp3) is 0.250. The maximum Gasteiger partial charge on any atom is 0.255 e. The van der Waals surface area contributed by atoms with Gasteiger partial charge >= 0.3 is 0 Å². The van der Waals surface area contributed by atoms with Crippen LogP contribution in [0.25, 0.3) is 11.0 Å². The molecule has 8 nitrogen and oxygen atoms in total. The van der Waals surface area contributed by atoms with Crippen LogP contribution >= 0.6 is 0 Å². The molecule has 3 N–H and O–H groups in total. The van der Waals surface area contributed by atoms with Crippen molar-refractivity contribution < 1.29 is 27.1 Å². The van der Waals surface area contributed by atoms with Crippen molar-refractivity contribution in [2.24, 2.45) is 5.14 Å². The van der Waals surface area contributed by atoms with Crippen LogP contribution < -0.4 is 19.9 Å². The van der Waals surface area contributed by atoms with E-state index in [1.54, 1.807) is 6.92 Å². The summed E-state index contributed by atoms with van der Waals surface area (Å²) < 4.78 is 39.9. The Bertz CT molecular complexity index is 1150. The Morgan fingerprint density at radius 2 is 1.97 bits per heavy atom. The van der Waals surface area contributed by atoms with Crippen molar-refractivity contribution in [2.45, 2.75) is 24.8 Å². The number of ether oxygens (including phenoxy) is 2. The molecule has 0 aliphatic rings. The van der Waals surface area contributed by atoms with E-state index in [1.807, 2.05) is 31.2 Å². The smallest absolute Gasteiger partial charge is 0.255 e. The zero-order valence-corrected chi connectivity index (χ0v) is 17.1. The summed E-state index contributed by atoms with van der Waals surface area (Å²) in [6.45, 7) is 4.14. The molecule has 0 aliphatic heterocycles. The number of benzene rings is 2. The number of carbonyl (C=O) groups is 1. The van der Waals surface area contributed by atoms with E-state index in [1.165, 1.54) is 25.3 Å². The van der Waals surface area contributed by atoms with Crippen molar-refractivity contribution in [2.75, 3.05) is 13.7 Å². The number of hydrogen-bond donors (Lipinski definition) is 2. The van der Waals surface area contributed by atoms with Crippen LogP contribution in [-0.2, 0) is 10.0 Å². The second-order valence-corrected chi connectivity index (χ2v) is 7.92. The SMILES string of the molecule is CCOc1cccc2cc(C(C)NC(=O)c3cc(S(N)(=O)=O)ccc3OC)oc12. The number of carbonyl (C=O) groups excluding carboxylic acids is 1. The summed E-state index contributed by atoms with van der Waals surface area (Å²) in [7, 11) is -2.57. The highest BCUT2D eigenvalue weighted by atomic mass is 32.2. The zero-order chi connectivity index (χ0) is 21.2. The molecule has 1 atom stereocenters. The molecular weight excluding hydrogens is 396 g/mol. The van der Waals surface area contributed by atoms with Gasteiger partial charge in [0.2, 0.25) is 10.0 Å². The minimum atomic E-state index is -3.96. The van der Waals surface area contributed by atoms with Crippen LogP contribution in [0.4, 0.5) is 0 Å². The van der Waals surface area contributed by atoms with Gasteiger partial charge in [-0.2, -0.15) is 0 Å². The van der Waals surface area contributed by atoms with Crippen molar-refractivity contribution >= 4 is 26.9 Å². The van der Waals surface area contributed by atoms with Crippen LogP contribution in [0.3, 0.4) is 0 Å². The van der Waals surface area contributed by atoms with Crippen molar-refractivity contribution in [3.8, 4) is 11.5 Å². The first-order chi connectivity index (χ1) is 13.7. The van der Waals surface area contributed by atoms with Crippen LogP contribution in [-0.4, -0.2) is 28.0 Å². The Hall–Kier alpha value is -3.04. The summed E-state index contributed by atoms with van der Waals surface area (Å²) in [6, 6.07) is 10.7. The third-order valence-corrected chi connectivity index (χ3v) is 5.26. The van der Waals surface area contributed by atoms with E-state index in [0.29, 0.717) is 23.7 Å². The Balaban J connectivity index is 1.89. The van der Waals surface area contributed by atoms with Gasteiger partial charge in [0.15, 0.2) is 11.3 Å². The van der Waals surface area contributed by atoms with Gasteiger partial charge in [0.1, 0.15) is 11.5 Å². The number of primary sulfonamides is 1. The van der Waals surface area contributed by atoms with Crippen LogP contribution in [0.15, 0.2) is 51.8 Å². The van der Waals surface area contributed by atoms with Gasteiger partial charge in [0.05, 0.1) is 30.2 Å². The molecule has 1 heterocycles. The van der Waals surface area contributed by atoms with Gasteiger partial charge in [0, 0.05) is 5.39 Å². The molecule has 0 aliphatic carbocycles. The summed E-state index contributed by atoms with van der Waals surface area (Å²) in [5, 5.41) is 8.80. The fourth-order valence-corrected chi connectivity index (χ4v) is 3.47. The first-order valence-electron chi connectivity index (χ1n) is 8.91. The van der Waals surface area contributed by atoms with E-state index >= 15 is 0 Å². The average Bonchev–Trinajstić information content (AvgIpc) is 3.12. The molecule has 154 valence electrons. The lowest BCUT2D eigenvalue weighted by atomic mass is 10.1. The second-order valence-electron chi connectivity index (χ2n) is 6.36. The standard InChI is InChI=1S/C20H22N2O6S/c1-4-27-17-7-5-6-13-10-18(28-19(13)17)12(2)22-20(23)15-11-14(29(21,24)25)8-9-16(15)26-3/h5-12H,4H2,1-3H3,(H,22,23)(H2,21,24,25). The first-order valence-corrected chi connectivity index (χ1v) is 10.5. The van der Waals surface area contributed by atoms with Crippen LogP contribution in [0, 0.1) is 0 Å². The van der Waals surface area contributed by atoms with Crippen LogP contribution in [0.1, 0.15) is 36.0 Å². The van der Waals surface area contributed by atoms with Crippen molar-refractivity contribution in [3.05, 3.63) is 53.8 Å². The molecule has 1 aromatic heterocycles. The van der Waals surface area contributed by atoms with Gasteiger partial charge in [-0.1, -0.05) is 12.1 Å². The van der Waals surface area contributed by atoms with Gasteiger partial charge in [-0.05, 0) is 44.2 Å². The molecule has 1 unspecified atom stereocenters. The molecule has 0 bridgehead atoms. The quantitative estimate of drug-likeness (QED) is 0.608. The van der Waals surface area contributed by atoms with Crippen LogP contribution in [0.2, 0.25) is 0 Å². The highest BCUT2D eigenvalue weighted by molar-refractivity contribution is 7.89. The van der Waals surface area contributed by atoms with Gasteiger partial charge in [-0.15, -0.1) is 0 Å². The number of amides is 1. The summed E-state index contributed by atoms with van der Waals surface area (Å²) >= 11 is 0. The van der Waals surface area contributed by atoms with E-state index in [0.717, 1.165) is 5.39 Å². The summed E-state index contributed by atoms with van der Waals surface area (Å²) in [5.74, 6) is 0.857. The number of fused-ring (bicyclic) bond motifs is 1. The topological polar surface area (TPSA) is 121 Å². The molecule has 2 aromatic carbocycles. The molecule has 0 fully saturated rings. The number of para-hydroxylation sites is 1. The lowest BCUT2D eigenvalue weighted by Crippen LogP contribution is -2.27. The molecule has 29 heavy (non-hydrogen) atoms. The monoisotopic (exact) mass is 418 g/mol. The maximum absolute atomic E-state index is 12.8. The summed E-state index contributed by atoms with van der Waals surface area (Å²) in [6.07, 6.45) is 0. The molecule has 0 spiro atoms. The molecule has 3 rings (SSSR count). The van der Waals surface area contributed by atoms with Gasteiger partial charge in [0.25, 0.3) is 5.91 Å². The summed E-state index contributed by atoms with van der Waals surface area (Å²) in [4.78, 5) is 12.6. The number of rotatable bonds is 7. The molecule has 9 heteroatoms. The van der Waals surface area contributed by atoms with E-state index in [9.17, 15) is 13.2 Å². The van der Waals surface area contributed by atoms with E-state index < -0.39 is 22.0 Å².